The zero-order valence-corrected chi connectivity index (χ0v) is 14.1. The normalized spacial score (nSPS) is 10.4. The third kappa shape index (κ3) is 4.56. The zero-order chi connectivity index (χ0) is 16.8. The number of aromatic nitrogens is 3. The van der Waals surface area contributed by atoms with Gasteiger partial charge < -0.3 is 10.6 Å². The Morgan fingerprint density at radius 1 is 1.30 bits per heavy atom. The predicted molar refractivity (Wildman–Crippen MR) is 89.8 cm³/mol. The molecule has 122 valence electrons. The van der Waals surface area contributed by atoms with E-state index in [1.54, 1.807) is 0 Å². The maximum Gasteiger partial charge on any atom is 0.230 e. The minimum atomic E-state index is -0.131. The van der Waals surface area contributed by atoms with Crippen molar-refractivity contribution in [3.8, 4) is 5.69 Å². The molecule has 0 radical (unpaired) electrons. The van der Waals surface area contributed by atoms with E-state index in [0.29, 0.717) is 23.2 Å². The van der Waals surface area contributed by atoms with E-state index in [1.807, 2.05) is 42.7 Å². The van der Waals surface area contributed by atoms with Gasteiger partial charge in [-0.3, -0.25) is 14.2 Å². The molecule has 0 aliphatic heterocycles. The van der Waals surface area contributed by atoms with Gasteiger partial charge in [-0.2, -0.15) is 0 Å². The van der Waals surface area contributed by atoms with Crippen LogP contribution < -0.4 is 10.6 Å². The number of hydrogen-bond acceptors (Lipinski definition) is 5. The standard InChI is InChI=1S/C15H19N5O2S/c1-4-16-14(22)9-23-15-19-18-10(2)20(15)13-7-5-6-12(8-13)17-11(3)21/h5-8H,4,9H2,1-3H3,(H,16,22)(H,17,21). The SMILES string of the molecule is CCNC(=O)CSc1nnc(C)n1-c1cccc(NC(C)=O)c1. The number of thioether (sulfide) groups is 1. The van der Waals surface area contributed by atoms with Crippen LogP contribution in [0.1, 0.15) is 19.7 Å². The summed E-state index contributed by atoms with van der Waals surface area (Å²) in [5.74, 6) is 0.811. The van der Waals surface area contributed by atoms with Gasteiger partial charge in [-0.05, 0) is 32.0 Å². The lowest BCUT2D eigenvalue weighted by Gasteiger charge is -2.10. The molecule has 1 aromatic heterocycles. The van der Waals surface area contributed by atoms with Gasteiger partial charge in [0, 0.05) is 19.2 Å². The second-order valence-corrected chi connectivity index (χ2v) is 5.78. The van der Waals surface area contributed by atoms with E-state index in [9.17, 15) is 9.59 Å². The minimum absolute atomic E-state index is 0.0447. The number of amides is 2. The molecule has 1 heterocycles. The van der Waals surface area contributed by atoms with E-state index in [1.165, 1.54) is 18.7 Å². The van der Waals surface area contributed by atoms with Crippen LogP contribution in [0.5, 0.6) is 0 Å². The highest BCUT2D eigenvalue weighted by Gasteiger charge is 2.13. The highest BCUT2D eigenvalue weighted by atomic mass is 32.2. The van der Waals surface area contributed by atoms with E-state index in [2.05, 4.69) is 20.8 Å². The van der Waals surface area contributed by atoms with Gasteiger partial charge in [0.05, 0.1) is 11.4 Å². The van der Waals surface area contributed by atoms with Crippen LogP contribution in [0.15, 0.2) is 29.4 Å². The van der Waals surface area contributed by atoms with Gasteiger partial charge >= 0.3 is 0 Å². The average molecular weight is 333 g/mol. The molecule has 0 spiro atoms. The number of nitrogens with one attached hydrogen (secondary N) is 2. The molecule has 0 atom stereocenters. The van der Waals surface area contributed by atoms with Crippen LogP contribution in [0.25, 0.3) is 5.69 Å². The quantitative estimate of drug-likeness (QED) is 0.786. The first-order valence-electron chi connectivity index (χ1n) is 7.20. The van der Waals surface area contributed by atoms with Gasteiger partial charge in [0.1, 0.15) is 5.82 Å². The molecule has 0 aliphatic rings. The molecule has 2 amide bonds. The monoisotopic (exact) mass is 333 g/mol. The topological polar surface area (TPSA) is 88.9 Å². The van der Waals surface area contributed by atoms with Crippen molar-refractivity contribution in [1.82, 2.24) is 20.1 Å². The molecule has 0 unspecified atom stereocenters. The molecule has 0 fully saturated rings. The summed E-state index contributed by atoms with van der Waals surface area (Å²) in [5, 5.41) is 14.3. The molecule has 1 aromatic carbocycles. The van der Waals surface area contributed by atoms with Gasteiger partial charge in [0.2, 0.25) is 11.8 Å². The number of benzene rings is 1. The van der Waals surface area contributed by atoms with E-state index in [-0.39, 0.29) is 17.6 Å². The highest BCUT2D eigenvalue weighted by molar-refractivity contribution is 7.99. The average Bonchev–Trinajstić information content (AvgIpc) is 2.86. The molecule has 2 N–H and O–H groups in total. The fraction of sp³-hybridized carbons (Fsp3) is 0.333. The number of carbonyl (C=O) groups is 2. The molecule has 0 saturated carbocycles. The van der Waals surface area contributed by atoms with Crippen LogP contribution in [-0.4, -0.2) is 38.9 Å². The number of nitrogens with zero attached hydrogens (tertiary/aromatic N) is 3. The van der Waals surface area contributed by atoms with Crippen molar-refractivity contribution in [2.24, 2.45) is 0 Å². The lowest BCUT2D eigenvalue weighted by Crippen LogP contribution is -2.24. The lowest BCUT2D eigenvalue weighted by molar-refractivity contribution is -0.118. The first-order valence-corrected chi connectivity index (χ1v) is 8.19. The van der Waals surface area contributed by atoms with Crippen molar-refractivity contribution >= 4 is 29.3 Å². The van der Waals surface area contributed by atoms with Crippen molar-refractivity contribution < 1.29 is 9.59 Å². The first-order chi connectivity index (χ1) is 11.0. The summed E-state index contributed by atoms with van der Waals surface area (Å²) in [6.45, 7) is 5.78. The van der Waals surface area contributed by atoms with Crippen LogP contribution in [0.3, 0.4) is 0 Å². The fourth-order valence-corrected chi connectivity index (χ4v) is 2.87. The molecular formula is C15H19N5O2S. The van der Waals surface area contributed by atoms with Gasteiger partial charge in [0.25, 0.3) is 0 Å². The van der Waals surface area contributed by atoms with Crippen LogP contribution in [0, 0.1) is 6.92 Å². The largest absolute Gasteiger partial charge is 0.356 e. The van der Waals surface area contributed by atoms with Gasteiger partial charge in [0.15, 0.2) is 5.16 Å². The first kappa shape index (κ1) is 17.0. The van der Waals surface area contributed by atoms with Gasteiger partial charge in [-0.1, -0.05) is 17.8 Å². The molecular weight excluding hydrogens is 314 g/mol. The Morgan fingerprint density at radius 2 is 2.09 bits per heavy atom. The number of carbonyl (C=O) groups excluding carboxylic acids is 2. The second kappa shape index (κ2) is 7.77. The molecule has 2 aromatic rings. The molecule has 0 saturated heterocycles. The number of anilines is 1. The summed E-state index contributed by atoms with van der Waals surface area (Å²) in [7, 11) is 0. The Kier molecular flexibility index (Phi) is 5.75. The Balaban J connectivity index is 2.24. The maximum atomic E-state index is 11.6. The molecule has 8 heteroatoms. The van der Waals surface area contributed by atoms with Crippen molar-refractivity contribution in [2.75, 3.05) is 17.6 Å². The molecule has 23 heavy (non-hydrogen) atoms. The Bertz CT molecular complexity index is 714. The fourth-order valence-electron chi connectivity index (χ4n) is 2.04. The summed E-state index contributed by atoms with van der Waals surface area (Å²) in [6.07, 6.45) is 0. The number of rotatable bonds is 6. The third-order valence-electron chi connectivity index (χ3n) is 2.93. The minimum Gasteiger partial charge on any atom is -0.356 e. The number of aryl methyl sites for hydroxylation is 1. The van der Waals surface area contributed by atoms with Crippen molar-refractivity contribution in [3.05, 3.63) is 30.1 Å². The van der Waals surface area contributed by atoms with Crippen LogP contribution in [0.2, 0.25) is 0 Å². The summed E-state index contributed by atoms with van der Waals surface area (Å²) in [6, 6.07) is 7.40. The number of hydrogen-bond donors (Lipinski definition) is 2. The zero-order valence-electron chi connectivity index (χ0n) is 13.3. The Labute approximate surface area is 138 Å². The van der Waals surface area contributed by atoms with Gasteiger partial charge in [-0.15, -0.1) is 10.2 Å². The Hall–Kier alpha value is -2.35. The van der Waals surface area contributed by atoms with Crippen molar-refractivity contribution in [2.45, 2.75) is 25.9 Å². The molecule has 7 nitrogen and oxygen atoms in total. The second-order valence-electron chi connectivity index (χ2n) is 4.84. The smallest absolute Gasteiger partial charge is 0.230 e. The maximum absolute atomic E-state index is 11.6. The van der Waals surface area contributed by atoms with Crippen LogP contribution >= 0.6 is 11.8 Å². The highest BCUT2D eigenvalue weighted by Crippen LogP contribution is 2.23. The van der Waals surface area contributed by atoms with E-state index in [0.717, 1.165) is 5.69 Å². The van der Waals surface area contributed by atoms with Gasteiger partial charge in [-0.25, -0.2) is 0 Å². The summed E-state index contributed by atoms with van der Waals surface area (Å²) < 4.78 is 1.86. The molecule has 2 rings (SSSR count). The lowest BCUT2D eigenvalue weighted by atomic mass is 10.2. The summed E-state index contributed by atoms with van der Waals surface area (Å²) in [5.41, 5.74) is 1.53. The molecule has 0 bridgehead atoms. The van der Waals surface area contributed by atoms with Crippen LogP contribution in [0.4, 0.5) is 5.69 Å². The third-order valence-corrected chi connectivity index (χ3v) is 3.86. The summed E-state index contributed by atoms with van der Waals surface area (Å²) in [4.78, 5) is 22.8. The van der Waals surface area contributed by atoms with Crippen molar-refractivity contribution in [3.63, 3.8) is 0 Å². The van der Waals surface area contributed by atoms with E-state index >= 15 is 0 Å². The van der Waals surface area contributed by atoms with Crippen LogP contribution in [-0.2, 0) is 9.59 Å². The molecule has 0 aliphatic carbocycles. The van der Waals surface area contributed by atoms with E-state index < -0.39 is 0 Å². The van der Waals surface area contributed by atoms with Crippen molar-refractivity contribution in [1.29, 1.82) is 0 Å². The van der Waals surface area contributed by atoms with E-state index in [4.69, 9.17) is 0 Å². The summed E-state index contributed by atoms with van der Waals surface area (Å²) >= 11 is 1.32. The predicted octanol–water partition coefficient (Wildman–Crippen LogP) is 1.76. The Morgan fingerprint density at radius 3 is 2.78 bits per heavy atom.